The minimum absolute atomic E-state index is 0.0355. The van der Waals surface area contributed by atoms with Gasteiger partial charge in [-0.2, -0.15) is 5.10 Å². The molecule has 0 aliphatic carbocycles. The van der Waals surface area contributed by atoms with Crippen molar-refractivity contribution in [3.05, 3.63) is 23.0 Å². The molecule has 2 aromatic rings. The Labute approximate surface area is 120 Å². The summed E-state index contributed by atoms with van der Waals surface area (Å²) in [6, 6.07) is 0. The number of hydrogen-bond donors (Lipinski definition) is 1. The lowest BCUT2D eigenvalue weighted by Gasteiger charge is -2.14. The van der Waals surface area contributed by atoms with E-state index in [9.17, 15) is 9.90 Å². The number of hydrogen-bond acceptors (Lipinski definition) is 5. The molecule has 1 N–H and O–H groups in total. The van der Waals surface area contributed by atoms with Crippen LogP contribution in [0.3, 0.4) is 0 Å². The van der Waals surface area contributed by atoms with Gasteiger partial charge >= 0.3 is 0 Å². The van der Waals surface area contributed by atoms with Gasteiger partial charge in [-0.15, -0.1) is 11.3 Å². The third-order valence-electron chi connectivity index (χ3n) is 3.39. The molecule has 2 aromatic heterocycles. The number of thiazole rings is 1. The van der Waals surface area contributed by atoms with E-state index in [1.807, 2.05) is 20.2 Å². The predicted octanol–water partition coefficient (Wildman–Crippen LogP) is 1.06. The van der Waals surface area contributed by atoms with Crippen LogP contribution in [0.25, 0.3) is 10.6 Å². The van der Waals surface area contributed by atoms with Crippen LogP contribution in [0.1, 0.15) is 21.8 Å². The Balaban J connectivity index is 1.87. The molecule has 0 bridgehead atoms. The molecule has 1 aliphatic rings. The first-order chi connectivity index (χ1) is 9.54. The molecule has 0 spiro atoms. The van der Waals surface area contributed by atoms with Crippen LogP contribution in [0.2, 0.25) is 0 Å². The molecule has 1 fully saturated rings. The Morgan fingerprint density at radius 2 is 2.35 bits per heavy atom. The van der Waals surface area contributed by atoms with Crippen molar-refractivity contribution >= 4 is 17.2 Å². The number of aryl methyl sites for hydroxylation is 2. The summed E-state index contributed by atoms with van der Waals surface area (Å²) in [7, 11) is 1.85. The Morgan fingerprint density at radius 3 is 2.95 bits per heavy atom. The van der Waals surface area contributed by atoms with Gasteiger partial charge in [-0.3, -0.25) is 9.48 Å². The average molecular weight is 292 g/mol. The number of carbonyl (C=O) groups is 1. The van der Waals surface area contributed by atoms with Gasteiger partial charge in [0.2, 0.25) is 0 Å². The van der Waals surface area contributed by atoms with Crippen molar-refractivity contribution in [2.75, 3.05) is 13.1 Å². The van der Waals surface area contributed by atoms with Crippen LogP contribution in [-0.2, 0) is 7.05 Å². The highest BCUT2D eigenvalue weighted by molar-refractivity contribution is 7.17. The van der Waals surface area contributed by atoms with Gasteiger partial charge in [0, 0.05) is 31.9 Å². The van der Waals surface area contributed by atoms with Gasteiger partial charge in [0.05, 0.1) is 18.0 Å². The van der Waals surface area contributed by atoms with Crippen molar-refractivity contribution in [1.29, 1.82) is 0 Å². The smallest absolute Gasteiger partial charge is 0.265 e. The highest BCUT2D eigenvalue weighted by Gasteiger charge is 2.28. The summed E-state index contributed by atoms with van der Waals surface area (Å²) >= 11 is 1.38. The van der Waals surface area contributed by atoms with E-state index in [1.165, 1.54) is 11.3 Å². The molecule has 3 heterocycles. The van der Waals surface area contributed by atoms with Gasteiger partial charge in [0.15, 0.2) is 0 Å². The molecule has 1 aliphatic heterocycles. The van der Waals surface area contributed by atoms with Crippen molar-refractivity contribution in [2.24, 2.45) is 7.05 Å². The highest BCUT2D eigenvalue weighted by Crippen LogP contribution is 2.29. The average Bonchev–Trinajstić information content (AvgIpc) is 3.09. The summed E-state index contributed by atoms with van der Waals surface area (Å²) in [6.45, 7) is 2.87. The maximum atomic E-state index is 12.4. The van der Waals surface area contributed by atoms with E-state index in [1.54, 1.807) is 15.8 Å². The first-order valence-electron chi connectivity index (χ1n) is 6.48. The molecule has 3 rings (SSSR count). The van der Waals surface area contributed by atoms with Crippen LogP contribution < -0.4 is 0 Å². The van der Waals surface area contributed by atoms with Gasteiger partial charge in [0.1, 0.15) is 9.88 Å². The molecule has 1 saturated heterocycles. The number of β-amino-alcohol motifs (C(OH)–C–C–N with tert-alkyl or cyclic N) is 1. The van der Waals surface area contributed by atoms with Crippen LogP contribution in [0.4, 0.5) is 0 Å². The molecule has 0 aromatic carbocycles. The summed E-state index contributed by atoms with van der Waals surface area (Å²) in [4.78, 5) is 19.2. The van der Waals surface area contributed by atoms with Crippen LogP contribution in [0.15, 0.2) is 12.4 Å². The van der Waals surface area contributed by atoms with Crippen molar-refractivity contribution < 1.29 is 9.90 Å². The molecule has 106 valence electrons. The summed E-state index contributed by atoms with van der Waals surface area (Å²) in [5.74, 6) is -0.0355. The summed E-state index contributed by atoms with van der Waals surface area (Å²) in [6.07, 6.45) is 3.88. The molecule has 7 heteroatoms. The molecule has 0 unspecified atom stereocenters. The minimum Gasteiger partial charge on any atom is -0.391 e. The SMILES string of the molecule is Cc1nc(-c2cnn(C)c2)sc1C(=O)N1CC[C@@H](O)C1. The largest absolute Gasteiger partial charge is 0.391 e. The Hall–Kier alpha value is -1.73. The lowest BCUT2D eigenvalue weighted by molar-refractivity contribution is 0.0769. The highest BCUT2D eigenvalue weighted by atomic mass is 32.1. The number of nitrogens with zero attached hydrogens (tertiary/aromatic N) is 4. The first kappa shape index (κ1) is 13.3. The van der Waals surface area contributed by atoms with Crippen molar-refractivity contribution in [1.82, 2.24) is 19.7 Å². The number of aliphatic hydroxyl groups excluding tert-OH is 1. The number of likely N-dealkylation sites (tertiary alicyclic amines) is 1. The second-order valence-corrected chi connectivity index (χ2v) is 6.03. The van der Waals surface area contributed by atoms with Crippen LogP contribution in [0, 0.1) is 6.92 Å². The van der Waals surface area contributed by atoms with E-state index in [0.29, 0.717) is 24.4 Å². The fourth-order valence-corrected chi connectivity index (χ4v) is 3.33. The number of amides is 1. The summed E-state index contributed by atoms with van der Waals surface area (Å²) < 4.78 is 1.71. The van der Waals surface area contributed by atoms with Crippen LogP contribution >= 0.6 is 11.3 Å². The quantitative estimate of drug-likeness (QED) is 0.898. The molecular weight excluding hydrogens is 276 g/mol. The van der Waals surface area contributed by atoms with E-state index in [2.05, 4.69) is 10.1 Å². The molecule has 0 saturated carbocycles. The standard InChI is InChI=1S/C13H16N4O2S/c1-8-11(13(19)17-4-3-10(18)7-17)20-12(15-8)9-5-14-16(2)6-9/h5-6,10,18H,3-4,7H2,1-2H3/t10-/m1/s1. The Kier molecular flexibility index (Phi) is 3.31. The second kappa shape index (κ2) is 4.99. The summed E-state index contributed by atoms with van der Waals surface area (Å²) in [5, 5.41) is 14.5. The molecular formula is C13H16N4O2S. The van der Waals surface area contributed by atoms with E-state index in [4.69, 9.17) is 0 Å². The molecule has 6 nitrogen and oxygen atoms in total. The predicted molar refractivity (Wildman–Crippen MR) is 75.6 cm³/mol. The van der Waals surface area contributed by atoms with Gasteiger partial charge in [-0.1, -0.05) is 0 Å². The van der Waals surface area contributed by atoms with E-state index in [0.717, 1.165) is 16.3 Å². The normalized spacial score (nSPS) is 18.8. The molecule has 0 radical (unpaired) electrons. The number of aromatic nitrogens is 3. The Bertz CT molecular complexity index is 649. The Morgan fingerprint density at radius 1 is 1.55 bits per heavy atom. The maximum absolute atomic E-state index is 12.4. The van der Waals surface area contributed by atoms with Crippen molar-refractivity contribution in [2.45, 2.75) is 19.4 Å². The topological polar surface area (TPSA) is 71.2 Å². The van der Waals surface area contributed by atoms with Crippen LogP contribution in [-0.4, -0.2) is 49.9 Å². The van der Waals surface area contributed by atoms with Crippen LogP contribution in [0.5, 0.6) is 0 Å². The van der Waals surface area contributed by atoms with E-state index >= 15 is 0 Å². The fourth-order valence-electron chi connectivity index (χ4n) is 2.32. The summed E-state index contributed by atoms with van der Waals surface area (Å²) in [5.41, 5.74) is 1.65. The van der Waals surface area contributed by atoms with Gasteiger partial charge in [0.25, 0.3) is 5.91 Å². The van der Waals surface area contributed by atoms with Crippen molar-refractivity contribution in [3.63, 3.8) is 0 Å². The number of rotatable bonds is 2. The van der Waals surface area contributed by atoms with E-state index in [-0.39, 0.29) is 5.91 Å². The lowest BCUT2D eigenvalue weighted by atomic mass is 10.3. The molecule has 20 heavy (non-hydrogen) atoms. The first-order valence-corrected chi connectivity index (χ1v) is 7.30. The zero-order chi connectivity index (χ0) is 14.3. The van der Waals surface area contributed by atoms with Gasteiger partial charge in [-0.05, 0) is 13.3 Å². The zero-order valence-corrected chi connectivity index (χ0v) is 12.2. The van der Waals surface area contributed by atoms with Gasteiger partial charge < -0.3 is 10.0 Å². The monoisotopic (exact) mass is 292 g/mol. The van der Waals surface area contributed by atoms with E-state index < -0.39 is 6.10 Å². The zero-order valence-electron chi connectivity index (χ0n) is 11.4. The second-order valence-electron chi connectivity index (χ2n) is 5.03. The molecule has 1 amide bonds. The van der Waals surface area contributed by atoms with Crippen molar-refractivity contribution in [3.8, 4) is 10.6 Å². The third kappa shape index (κ3) is 2.34. The molecule has 1 atom stereocenters. The number of carbonyl (C=O) groups excluding carboxylic acids is 1. The van der Waals surface area contributed by atoms with Gasteiger partial charge in [-0.25, -0.2) is 4.98 Å². The number of aliphatic hydroxyl groups is 1. The minimum atomic E-state index is -0.398. The fraction of sp³-hybridized carbons (Fsp3) is 0.462. The lowest BCUT2D eigenvalue weighted by Crippen LogP contribution is -2.29. The third-order valence-corrected chi connectivity index (χ3v) is 4.59. The maximum Gasteiger partial charge on any atom is 0.265 e.